The maximum absolute atomic E-state index is 9.96. The molecule has 2 aromatic carbocycles. The quantitative estimate of drug-likeness (QED) is 0.845. The molecule has 0 heterocycles. The van der Waals surface area contributed by atoms with E-state index in [4.69, 9.17) is 0 Å². The highest BCUT2D eigenvalue weighted by Gasteiger charge is 2.03. The summed E-state index contributed by atoms with van der Waals surface area (Å²) in [6.45, 7) is 4.09. The Morgan fingerprint density at radius 2 is 1.33 bits per heavy atom. The van der Waals surface area contributed by atoms with E-state index in [2.05, 4.69) is 19.1 Å². The van der Waals surface area contributed by atoms with Crippen molar-refractivity contribution in [2.75, 3.05) is 0 Å². The topological polar surface area (TPSA) is 20.2 Å². The molecule has 0 saturated heterocycles. The minimum absolute atomic E-state index is 0.288. The van der Waals surface area contributed by atoms with Crippen molar-refractivity contribution < 1.29 is 5.11 Å². The first-order valence-corrected chi connectivity index (χ1v) is 6.03. The van der Waals surface area contributed by atoms with Gasteiger partial charge in [0.2, 0.25) is 0 Å². The highest BCUT2D eigenvalue weighted by Crippen LogP contribution is 2.15. The van der Waals surface area contributed by atoms with E-state index in [9.17, 15) is 5.11 Å². The van der Waals surface area contributed by atoms with Crippen molar-refractivity contribution in [1.29, 1.82) is 0 Å². The summed E-state index contributed by atoms with van der Waals surface area (Å²) >= 11 is 0. The van der Waals surface area contributed by atoms with Crippen LogP contribution in [0.4, 0.5) is 0 Å². The fourth-order valence-electron chi connectivity index (χ4n) is 1.67. The van der Waals surface area contributed by atoms with E-state index in [1.54, 1.807) is 6.08 Å². The minimum atomic E-state index is 0.288. The van der Waals surface area contributed by atoms with E-state index >= 15 is 0 Å². The molecule has 0 aliphatic heterocycles. The zero-order valence-electron chi connectivity index (χ0n) is 10.7. The first-order valence-electron chi connectivity index (χ1n) is 6.03. The molecule has 0 unspecified atom stereocenters. The fourth-order valence-corrected chi connectivity index (χ4v) is 1.67. The third kappa shape index (κ3) is 3.31. The average Bonchev–Trinajstić information content (AvgIpc) is 2.38. The van der Waals surface area contributed by atoms with Crippen molar-refractivity contribution in [1.82, 2.24) is 0 Å². The molecule has 0 fully saturated rings. The standard InChI is InChI=1S/C17H17O/c1-13-3-7-15(8-4-13)9-12-17(18)16-10-5-14(2)6-11-16/h3-12,18H,1-2H3/b12-9+. The van der Waals surface area contributed by atoms with Gasteiger partial charge >= 0.3 is 0 Å². The van der Waals surface area contributed by atoms with E-state index in [0.29, 0.717) is 0 Å². The summed E-state index contributed by atoms with van der Waals surface area (Å²) in [5.41, 5.74) is 4.34. The zero-order chi connectivity index (χ0) is 13.0. The Morgan fingerprint density at radius 1 is 0.833 bits per heavy atom. The third-order valence-electron chi connectivity index (χ3n) is 2.86. The average molecular weight is 237 g/mol. The Labute approximate surface area is 108 Å². The first kappa shape index (κ1) is 12.6. The molecule has 1 N–H and O–H groups in total. The summed E-state index contributed by atoms with van der Waals surface area (Å²) in [6, 6.07) is 16.0. The number of aliphatic hydroxyl groups is 1. The van der Waals surface area contributed by atoms with Gasteiger partial charge in [0, 0.05) is 0 Å². The second kappa shape index (κ2) is 5.65. The molecule has 0 atom stereocenters. The third-order valence-corrected chi connectivity index (χ3v) is 2.86. The summed E-state index contributed by atoms with van der Waals surface area (Å²) in [5.74, 6) is 0. The van der Waals surface area contributed by atoms with E-state index in [1.807, 2.05) is 49.4 Å². The molecule has 2 aromatic rings. The Hall–Kier alpha value is -1.86. The van der Waals surface area contributed by atoms with Gasteiger partial charge in [0.15, 0.2) is 0 Å². The van der Waals surface area contributed by atoms with Crippen LogP contribution in [0.1, 0.15) is 22.3 Å². The maximum atomic E-state index is 9.96. The van der Waals surface area contributed by atoms with E-state index in [1.165, 1.54) is 11.1 Å². The lowest BCUT2D eigenvalue weighted by atomic mass is 10.1. The number of rotatable bonds is 3. The molecule has 0 bridgehead atoms. The van der Waals surface area contributed by atoms with Crippen molar-refractivity contribution in [3.05, 3.63) is 83.0 Å². The molecule has 0 saturated carbocycles. The second-order valence-electron chi connectivity index (χ2n) is 4.50. The van der Waals surface area contributed by atoms with Gasteiger partial charge in [0.25, 0.3) is 0 Å². The van der Waals surface area contributed by atoms with Gasteiger partial charge in [-0.05, 0) is 31.1 Å². The molecule has 0 aliphatic rings. The van der Waals surface area contributed by atoms with E-state index in [-0.39, 0.29) is 6.10 Å². The lowest BCUT2D eigenvalue weighted by molar-refractivity contribution is 0.364. The van der Waals surface area contributed by atoms with Gasteiger partial charge in [-0.3, -0.25) is 0 Å². The number of hydrogen-bond donors (Lipinski definition) is 1. The molecular formula is C17H17O. The van der Waals surface area contributed by atoms with Gasteiger partial charge < -0.3 is 5.11 Å². The SMILES string of the molecule is Cc1ccc(/C=C/[C](O)c2ccc(C)cc2)cc1. The summed E-state index contributed by atoms with van der Waals surface area (Å²) in [6.07, 6.45) is 3.93. The Kier molecular flexibility index (Phi) is 3.96. The summed E-state index contributed by atoms with van der Waals surface area (Å²) < 4.78 is 0. The van der Waals surface area contributed by atoms with Gasteiger partial charge in [-0.2, -0.15) is 0 Å². The number of aryl methyl sites for hydroxylation is 2. The summed E-state index contributed by atoms with van der Waals surface area (Å²) in [5, 5.41) is 9.96. The Bertz CT molecular complexity index is 521. The summed E-state index contributed by atoms with van der Waals surface area (Å²) in [4.78, 5) is 0. The molecule has 0 aliphatic carbocycles. The van der Waals surface area contributed by atoms with Crippen LogP contribution in [-0.4, -0.2) is 5.11 Å². The molecule has 2 rings (SSSR count). The van der Waals surface area contributed by atoms with Crippen LogP contribution in [0.2, 0.25) is 0 Å². The van der Waals surface area contributed by atoms with Crippen LogP contribution in [-0.2, 0) is 0 Å². The lowest BCUT2D eigenvalue weighted by Gasteiger charge is -2.04. The predicted molar refractivity (Wildman–Crippen MR) is 75.7 cm³/mol. The molecule has 18 heavy (non-hydrogen) atoms. The largest absolute Gasteiger partial charge is 0.377 e. The second-order valence-corrected chi connectivity index (χ2v) is 4.50. The van der Waals surface area contributed by atoms with Crippen LogP contribution >= 0.6 is 0 Å². The molecule has 0 amide bonds. The number of benzene rings is 2. The van der Waals surface area contributed by atoms with Crippen LogP contribution in [0.15, 0.2) is 54.6 Å². The highest BCUT2D eigenvalue weighted by atomic mass is 16.3. The molecule has 91 valence electrons. The van der Waals surface area contributed by atoms with Crippen LogP contribution < -0.4 is 0 Å². The van der Waals surface area contributed by atoms with Crippen molar-refractivity contribution in [2.24, 2.45) is 0 Å². The summed E-state index contributed by atoms with van der Waals surface area (Å²) in [7, 11) is 0. The zero-order valence-corrected chi connectivity index (χ0v) is 10.7. The van der Waals surface area contributed by atoms with Crippen molar-refractivity contribution in [3.8, 4) is 0 Å². The lowest BCUT2D eigenvalue weighted by Crippen LogP contribution is -1.93. The fraction of sp³-hybridized carbons (Fsp3) is 0.118. The molecule has 0 aromatic heterocycles. The first-order chi connectivity index (χ1) is 8.65. The smallest absolute Gasteiger partial charge is 0.144 e. The van der Waals surface area contributed by atoms with Gasteiger partial charge in [-0.15, -0.1) is 0 Å². The van der Waals surface area contributed by atoms with Crippen molar-refractivity contribution in [2.45, 2.75) is 13.8 Å². The Morgan fingerprint density at radius 3 is 1.89 bits per heavy atom. The van der Waals surface area contributed by atoms with Gasteiger partial charge in [-0.25, -0.2) is 0 Å². The maximum Gasteiger partial charge on any atom is 0.144 e. The van der Waals surface area contributed by atoms with Crippen LogP contribution in [0.5, 0.6) is 0 Å². The van der Waals surface area contributed by atoms with Gasteiger partial charge in [0.1, 0.15) is 6.10 Å². The van der Waals surface area contributed by atoms with E-state index < -0.39 is 0 Å². The number of hydrogen-bond acceptors (Lipinski definition) is 1. The van der Waals surface area contributed by atoms with Crippen LogP contribution in [0.3, 0.4) is 0 Å². The number of aliphatic hydroxyl groups excluding tert-OH is 1. The predicted octanol–water partition coefficient (Wildman–Crippen LogP) is 4.27. The monoisotopic (exact) mass is 237 g/mol. The van der Waals surface area contributed by atoms with Crippen LogP contribution in [0, 0.1) is 20.0 Å². The highest BCUT2D eigenvalue weighted by molar-refractivity contribution is 5.53. The molecule has 1 nitrogen and oxygen atoms in total. The van der Waals surface area contributed by atoms with Gasteiger partial charge in [-0.1, -0.05) is 65.7 Å². The molecule has 1 radical (unpaired) electrons. The minimum Gasteiger partial charge on any atom is -0.377 e. The molecular weight excluding hydrogens is 220 g/mol. The van der Waals surface area contributed by atoms with Crippen LogP contribution in [0.25, 0.3) is 6.08 Å². The van der Waals surface area contributed by atoms with Crippen molar-refractivity contribution in [3.63, 3.8) is 0 Å². The molecule has 0 spiro atoms. The Balaban J connectivity index is 2.08. The van der Waals surface area contributed by atoms with E-state index in [0.717, 1.165) is 11.1 Å². The normalized spacial score (nSPS) is 11.3. The van der Waals surface area contributed by atoms with Crippen molar-refractivity contribution >= 4 is 6.08 Å². The molecule has 1 heteroatoms. The van der Waals surface area contributed by atoms with Gasteiger partial charge in [0.05, 0.1) is 0 Å².